The van der Waals surface area contributed by atoms with Gasteiger partial charge in [0.1, 0.15) is 10.8 Å². The SMILES string of the molecule is COc1ccc(-c2cc(NC(=O)C(F)=C(F)F)sn2)cc1. The summed E-state index contributed by atoms with van der Waals surface area (Å²) in [6.45, 7) is 0. The number of anilines is 1. The molecule has 8 heteroatoms. The number of amides is 1. The van der Waals surface area contributed by atoms with Gasteiger partial charge in [0.15, 0.2) is 0 Å². The summed E-state index contributed by atoms with van der Waals surface area (Å²) in [5, 5.41) is 2.18. The summed E-state index contributed by atoms with van der Waals surface area (Å²) in [4.78, 5) is 11.1. The molecule has 0 bridgehead atoms. The minimum absolute atomic E-state index is 0.169. The molecule has 0 radical (unpaired) electrons. The molecule has 0 unspecified atom stereocenters. The van der Waals surface area contributed by atoms with E-state index in [0.29, 0.717) is 11.4 Å². The lowest BCUT2D eigenvalue weighted by Crippen LogP contribution is -2.11. The summed E-state index contributed by atoms with van der Waals surface area (Å²) < 4.78 is 45.7. The van der Waals surface area contributed by atoms with Gasteiger partial charge in [-0.05, 0) is 35.8 Å². The topological polar surface area (TPSA) is 51.2 Å². The molecule has 21 heavy (non-hydrogen) atoms. The predicted molar refractivity (Wildman–Crippen MR) is 73.1 cm³/mol. The maximum absolute atomic E-state index is 12.7. The van der Waals surface area contributed by atoms with E-state index in [0.717, 1.165) is 17.1 Å². The van der Waals surface area contributed by atoms with E-state index in [2.05, 4.69) is 4.37 Å². The van der Waals surface area contributed by atoms with E-state index in [1.165, 1.54) is 13.2 Å². The molecule has 0 aliphatic rings. The van der Waals surface area contributed by atoms with Crippen molar-refractivity contribution in [1.82, 2.24) is 4.37 Å². The highest BCUT2D eigenvalue weighted by atomic mass is 32.1. The van der Waals surface area contributed by atoms with Crippen LogP contribution in [0.15, 0.2) is 42.2 Å². The molecular formula is C13H9F3N2O2S. The summed E-state index contributed by atoms with van der Waals surface area (Å²) in [6.07, 6.45) is -2.66. The largest absolute Gasteiger partial charge is 0.497 e. The van der Waals surface area contributed by atoms with Gasteiger partial charge in [-0.25, -0.2) is 0 Å². The van der Waals surface area contributed by atoms with Crippen molar-refractivity contribution < 1.29 is 22.7 Å². The summed E-state index contributed by atoms with van der Waals surface area (Å²) in [5.74, 6) is -2.93. The number of halogens is 3. The predicted octanol–water partition coefficient (Wildman–Crippen LogP) is 3.83. The van der Waals surface area contributed by atoms with Crippen molar-refractivity contribution >= 4 is 22.4 Å². The monoisotopic (exact) mass is 314 g/mol. The number of carbonyl (C=O) groups excluding carboxylic acids is 1. The molecular weight excluding hydrogens is 305 g/mol. The third kappa shape index (κ3) is 3.60. The van der Waals surface area contributed by atoms with Crippen LogP contribution in [0, 0.1) is 0 Å². The lowest BCUT2D eigenvalue weighted by molar-refractivity contribution is -0.114. The highest BCUT2D eigenvalue weighted by Gasteiger charge is 2.17. The second kappa shape index (κ2) is 6.40. The molecule has 0 aliphatic heterocycles. The third-order valence-electron chi connectivity index (χ3n) is 2.50. The van der Waals surface area contributed by atoms with E-state index >= 15 is 0 Å². The molecule has 2 aromatic rings. The fourth-order valence-corrected chi connectivity index (χ4v) is 2.14. The lowest BCUT2D eigenvalue weighted by Gasteiger charge is -2.00. The Morgan fingerprint density at radius 2 is 1.90 bits per heavy atom. The number of methoxy groups -OCH3 is 1. The Balaban J connectivity index is 2.14. The molecule has 0 saturated heterocycles. The van der Waals surface area contributed by atoms with Crippen LogP contribution in [0.25, 0.3) is 11.3 Å². The molecule has 0 atom stereocenters. The molecule has 1 heterocycles. The van der Waals surface area contributed by atoms with E-state index in [1.807, 2.05) is 5.32 Å². The van der Waals surface area contributed by atoms with Gasteiger partial charge in [-0.2, -0.15) is 17.5 Å². The fraction of sp³-hybridized carbons (Fsp3) is 0.0769. The molecule has 1 aromatic heterocycles. The molecule has 1 aromatic carbocycles. The summed E-state index contributed by atoms with van der Waals surface area (Å²) in [5.41, 5.74) is 1.28. The van der Waals surface area contributed by atoms with Crippen molar-refractivity contribution in [2.24, 2.45) is 0 Å². The number of nitrogens with one attached hydrogen (secondary N) is 1. The Labute approximate surface area is 122 Å². The quantitative estimate of drug-likeness (QED) is 0.873. The average molecular weight is 314 g/mol. The zero-order chi connectivity index (χ0) is 15.4. The van der Waals surface area contributed by atoms with Crippen LogP contribution in [0.2, 0.25) is 0 Å². The summed E-state index contributed by atoms with van der Waals surface area (Å²) in [7, 11) is 1.54. The second-order valence-electron chi connectivity index (χ2n) is 3.83. The minimum atomic E-state index is -2.66. The van der Waals surface area contributed by atoms with Gasteiger partial charge in [0.25, 0.3) is 11.7 Å². The standard InChI is InChI=1S/C13H9F3N2O2S/c1-20-8-4-2-7(3-5-8)9-6-10(21-18-9)17-13(19)11(14)12(15)16/h2-6H,1H3,(H,17,19). The van der Waals surface area contributed by atoms with Crippen molar-refractivity contribution in [2.75, 3.05) is 12.4 Å². The number of benzene rings is 1. The number of nitrogens with zero attached hydrogens (tertiary/aromatic N) is 1. The smallest absolute Gasteiger partial charge is 0.311 e. The van der Waals surface area contributed by atoms with Gasteiger partial charge < -0.3 is 10.1 Å². The molecule has 4 nitrogen and oxygen atoms in total. The Morgan fingerprint density at radius 3 is 2.48 bits per heavy atom. The maximum atomic E-state index is 12.7. The Hall–Kier alpha value is -2.35. The van der Waals surface area contributed by atoms with Gasteiger partial charge in [0, 0.05) is 11.6 Å². The third-order valence-corrected chi connectivity index (χ3v) is 3.20. The van der Waals surface area contributed by atoms with Crippen molar-refractivity contribution in [1.29, 1.82) is 0 Å². The highest BCUT2D eigenvalue weighted by molar-refractivity contribution is 7.10. The van der Waals surface area contributed by atoms with Crippen LogP contribution in [0.3, 0.4) is 0 Å². The summed E-state index contributed by atoms with van der Waals surface area (Å²) in [6, 6.07) is 8.43. The molecule has 2 rings (SSSR count). The van der Waals surface area contributed by atoms with Crippen LogP contribution < -0.4 is 10.1 Å². The molecule has 0 aliphatic carbocycles. The van der Waals surface area contributed by atoms with Gasteiger partial charge in [0.2, 0.25) is 0 Å². The van der Waals surface area contributed by atoms with Gasteiger partial charge >= 0.3 is 6.08 Å². The number of carbonyl (C=O) groups is 1. The van der Waals surface area contributed by atoms with Gasteiger partial charge in [0.05, 0.1) is 12.8 Å². The molecule has 0 fully saturated rings. The molecule has 1 N–H and O–H groups in total. The number of aromatic nitrogens is 1. The first-order valence-corrected chi connectivity index (χ1v) is 6.42. The molecule has 0 spiro atoms. The first kappa shape index (κ1) is 15.0. The van der Waals surface area contributed by atoms with E-state index in [4.69, 9.17) is 4.74 Å². The van der Waals surface area contributed by atoms with Crippen molar-refractivity contribution in [3.63, 3.8) is 0 Å². The Bertz CT molecular complexity index is 679. The van der Waals surface area contributed by atoms with Crippen molar-refractivity contribution in [3.8, 4) is 17.0 Å². The van der Waals surface area contributed by atoms with E-state index < -0.39 is 17.8 Å². The molecule has 1 amide bonds. The molecule has 110 valence electrons. The minimum Gasteiger partial charge on any atom is -0.497 e. The van der Waals surface area contributed by atoms with Crippen LogP contribution in [-0.2, 0) is 4.79 Å². The Morgan fingerprint density at radius 1 is 1.24 bits per heavy atom. The second-order valence-corrected chi connectivity index (χ2v) is 4.64. The van der Waals surface area contributed by atoms with Crippen LogP contribution in [0.4, 0.5) is 18.2 Å². The van der Waals surface area contributed by atoms with E-state index in [1.54, 1.807) is 24.3 Å². The van der Waals surface area contributed by atoms with Gasteiger partial charge in [-0.15, -0.1) is 0 Å². The number of rotatable bonds is 4. The Kier molecular flexibility index (Phi) is 4.59. The molecule has 0 saturated carbocycles. The number of hydrogen-bond acceptors (Lipinski definition) is 4. The summed E-state index contributed by atoms with van der Waals surface area (Å²) >= 11 is 0.864. The fourth-order valence-electron chi connectivity index (χ4n) is 1.48. The van der Waals surface area contributed by atoms with E-state index in [-0.39, 0.29) is 5.00 Å². The lowest BCUT2D eigenvalue weighted by atomic mass is 10.1. The van der Waals surface area contributed by atoms with E-state index in [9.17, 15) is 18.0 Å². The first-order valence-electron chi connectivity index (χ1n) is 5.64. The van der Waals surface area contributed by atoms with Crippen LogP contribution in [0.5, 0.6) is 5.75 Å². The first-order chi connectivity index (χ1) is 10.0. The van der Waals surface area contributed by atoms with Crippen LogP contribution >= 0.6 is 11.5 Å². The highest BCUT2D eigenvalue weighted by Crippen LogP contribution is 2.27. The maximum Gasteiger partial charge on any atom is 0.311 e. The zero-order valence-corrected chi connectivity index (χ0v) is 11.5. The van der Waals surface area contributed by atoms with Crippen molar-refractivity contribution in [3.05, 3.63) is 42.2 Å². The van der Waals surface area contributed by atoms with Gasteiger partial charge in [-0.3, -0.25) is 4.79 Å². The number of hydrogen-bond donors (Lipinski definition) is 1. The van der Waals surface area contributed by atoms with Crippen molar-refractivity contribution in [2.45, 2.75) is 0 Å². The average Bonchev–Trinajstić information content (AvgIpc) is 2.94. The van der Waals surface area contributed by atoms with Crippen LogP contribution in [0.1, 0.15) is 0 Å². The van der Waals surface area contributed by atoms with Gasteiger partial charge in [-0.1, -0.05) is 0 Å². The normalized spacial score (nSPS) is 10.1. The zero-order valence-electron chi connectivity index (χ0n) is 10.7. The number of ether oxygens (including phenoxy) is 1. The van der Waals surface area contributed by atoms with Crippen LogP contribution in [-0.4, -0.2) is 17.4 Å².